The van der Waals surface area contributed by atoms with E-state index in [1.54, 1.807) is 17.0 Å². The van der Waals surface area contributed by atoms with E-state index in [-0.39, 0.29) is 24.1 Å². The summed E-state index contributed by atoms with van der Waals surface area (Å²) in [5.41, 5.74) is 10.9. The molecule has 3 heterocycles. The van der Waals surface area contributed by atoms with Crippen molar-refractivity contribution in [2.24, 2.45) is 5.84 Å². The number of amides is 1. The highest BCUT2D eigenvalue weighted by molar-refractivity contribution is 7.15. The molecule has 0 aliphatic carbocycles. The molecule has 0 atom stereocenters. The molecule has 5 N–H and O–H groups in total. The van der Waals surface area contributed by atoms with Gasteiger partial charge in [0.25, 0.3) is 0 Å². The number of aryl methyl sites for hydroxylation is 1. The minimum Gasteiger partial charge on any atom is -0.442 e. The van der Waals surface area contributed by atoms with Crippen LogP contribution in [-0.2, 0) is 11.3 Å². The number of pyridine rings is 1. The van der Waals surface area contributed by atoms with Gasteiger partial charge in [-0.2, -0.15) is 0 Å². The van der Waals surface area contributed by atoms with Gasteiger partial charge in [0.2, 0.25) is 0 Å². The number of ether oxygens (including phenoxy) is 1. The summed E-state index contributed by atoms with van der Waals surface area (Å²) in [5.74, 6) is 4.87. The second-order valence-electron chi connectivity index (χ2n) is 7.84. The first-order valence-corrected chi connectivity index (χ1v) is 11.3. The van der Waals surface area contributed by atoms with E-state index in [1.807, 2.05) is 26.1 Å². The van der Waals surface area contributed by atoms with Crippen LogP contribution in [0.5, 0.6) is 0 Å². The van der Waals surface area contributed by atoms with Gasteiger partial charge in [-0.1, -0.05) is 6.07 Å². The largest absolute Gasteiger partial charge is 0.442 e. The molecule has 11 heteroatoms. The van der Waals surface area contributed by atoms with Crippen molar-refractivity contribution < 1.29 is 13.9 Å². The average Bonchev–Trinajstić information content (AvgIpc) is 3.20. The number of nitrogens with one attached hydrogen (secondary N) is 1. The van der Waals surface area contributed by atoms with Crippen molar-refractivity contribution in [1.29, 1.82) is 0 Å². The number of aromatic nitrogens is 2. The monoisotopic (exact) mass is 471 g/mol. The average molecular weight is 472 g/mol. The van der Waals surface area contributed by atoms with Crippen molar-refractivity contribution in [3.63, 3.8) is 0 Å². The van der Waals surface area contributed by atoms with Crippen LogP contribution >= 0.6 is 11.3 Å². The Kier molecular flexibility index (Phi) is 6.72. The molecule has 1 aliphatic heterocycles. The SMILES string of the molecule is Cc1nc(COC(=O)N2CCN(C)CC2)sc1-c1cccc(-c2cc(F)c(N)c(NN)c2)n1. The highest BCUT2D eigenvalue weighted by Gasteiger charge is 2.21. The fraction of sp³-hybridized carbons (Fsp3) is 0.318. The maximum atomic E-state index is 14.2. The lowest BCUT2D eigenvalue weighted by atomic mass is 10.1. The third kappa shape index (κ3) is 5.05. The minimum absolute atomic E-state index is 0.0496. The molecule has 174 valence electrons. The normalized spacial score (nSPS) is 14.4. The van der Waals surface area contributed by atoms with Gasteiger partial charge >= 0.3 is 6.09 Å². The zero-order valence-electron chi connectivity index (χ0n) is 18.5. The number of nitrogen functional groups attached to an aromatic ring is 2. The number of piperazine rings is 1. The zero-order valence-corrected chi connectivity index (χ0v) is 19.3. The van der Waals surface area contributed by atoms with Gasteiger partial charge in [0.05, 0.1) is 33.3 Å². The highest BCUT2D eigenvalue weighted by Crippen LogP contribution is 2.33. The van der Waals surface area contributed by atoms with Crippen LogP contribution in [0.15, 0.2) is 30.3 Å². The summed E-state index contributed by atoms with van der Waals surface area (Å²) in [6.45, 7) is 4.95. The second-order valence-corrected chi connectivity index (χ2v) is 8.92. The summed E-state index contributed by atoms with van der Waals surface area (Å²) < 4.78 is 19.7. The number of hydrogen-bond acceptors (Lipinski definition) is 9. The smallest absolute Gasteiger partial charge is 0.410 e. The van der Waals surface area contributed by atoms with Gasteiger partial charge in [-0.25, -0.2) is 19.2 Å². The number of nitrogens with two attached hydrogens (primary N) is 2. The van der Waals surface area contributed by atoms with Crippen molar-refractivity contribution >= 4 is 28.8 Å². The van der Waals surface area contributed by atoms with Crippen molar-refractivity contribution in [1.82, 2.24) is 19.8 Å². The first kappa shape index (κ1) is 22.9. The Morgan fingerprint density at radius 3 is 2.67 bits per heavy atom. The molecule has 9 nitrogen and oxygen atoms in total. The van der Waals surface area contributed by atoms with E-state index in [0.29, 0.717) is 35.0 Å². The van der Waals surface area contributed by atoms with Gasteiger partial charge in [0, 0.05) is 31.7 Å². The Hall–Kier alpha value is -3.28. The molecule has 3 aromatic rings. The Morgan fingerprint density at radius 2 is 1.94 bits per heavy atom. The first-order valence-electron chi connectivity index (χ1n) is 10.5. The molecule has 2 aromatic heterocycles. The Labute approximate surface area is 195 Å². The molecule has 0 radical (unpaired) electrons. The van der Waals surface area contributed by atoms with E-state index in [4.69, 9.17) is 16.3 Å². The van der Waals surface area contributed by atoms with Crippen LogP contribution in [0.3, 0.4) is 0 Å². The lowest BCUT2D eigenvalue weighted by Crippen LogP contribution is -2.47. The molecule has 0 unspecified atom stereocenters. The fourth-order valence-electron chi connectivity index (χ4n) is 3.56. The Bertz CT molecular complexity index is 1160. The van der Waals surface area contributed by atoms with Crippen LogP contribution in [-0.4, -0.2) is 59.1 Å². The van der Waals surface area contributed by atoms with Gasteiger partial charge in [0.1, 0.15) is 17.4 Å². The predicted molar refractivity (Wildman–Crippen MR) is 127 cm³/mol. The number of carbonyl (C=O) groups excluding carboxylic acids is 1. The molecule has 1 aliphatic rings. The summed E-state index contributed by atoms with van der Waals surface area (Å²) in [6.07, 6.45) is -0.327. The van der Waals surface area contributed by atoms with E-state index < -0.39 is 5.82 Å². The number of benzene rings is 1. The molecule has 1 amide bonds. The third-order valence-electron chi connectivity index (χ3n) is 5.48. The molecule has 0 saturated carbocycles. The lowest BCUT2D eigenvalue weighted by Gasteiger charge is -2.31. The summed E-state index contributed by atoms with van der Waals surface area (Å²) in [6, 6.07) is 8.45. The third-order valence-corrected chi connectivity index (χ3v) is 6.64. The quantitative estimate of drug-likeness (QED) is 0.295. The van der Waals surface area contributed by atoms with Gasteiger partial charge < -0.3 is 25.7 Å². The fourth-order valence-corrected chi connectivity index (χ4v) is 4.51. The van der Waals surface area contributed by atoms with Crippen LogP contribution in [0.4, 0.5) is 20.6 Å². The van der Waals surface area contributed by atoms with E-state index in [0.717, 1.165) is 23.7 Å². The van der Waals surface area contributed by atoms with Crippen molar-refractivity contribution in [3.8, 4) is 21.8 Å². The molecule has 1 saturated heterocycles. The number of hydrazine groups is 1. The molecular weight excluding hydrogens is 445 g/mol. The minimum atomic E-state index is -0.578. The topological polar surface area (TPSA) is 123 Å². The van der Waals surface area contributed by atoms with Crippen molar-refractivity contribution in [2.45, 2.75) is 13.5 Å². The first-order chi connectivity index (χ1) is 15.9. The van der Waals surface area contributed by atoms with Crippen molar-refractivity contribution in [3.05, 3.63) is 46.9 Å². The molecular formula is C22H26FN7O2S. The van der Waals surface area contributed by atoms with E-state index in [1.165, 1.54) is 17.4 Å². The van der Waals surface area contributed by atoms with Gasteiger partial charge in [-0.05, 0) is 38.2 Å². The molecule has 4 rings (SSSR count). The summed E-state index contributed by atoms with van der Waals surface area (Å²) in [7, 11) is 2.03. The van der Waals surface area contributed by atoms with Crippen LogP contribution in [0.25, 0.3) is 21.8 Å². The van der Waals surface area contributed by atoms with Gasteiger partial charge in [-0.3, -0.25) is 5.84 Å². The van der Waals surface area contributed by atoms with Crippen LogP contribution < -0.4 is 17.0 Å². The maximum absolute atomic E-state index is 14.2. The standard InChI is InChI=1S/C22H26FN7O2S/c1-13-21(33-19(26-13)12-32-22(31)30-8-6-29(2)7-9-30)17-5-3-4-16(27-17)14-10-15(23)20(24)18(11-14)28-25/h3-5,10-11,28H,6-9,12,24-25H2,1-2H3. The molecule has 0 bridgehead atoms. The number of hydrogen-bond donors (Lipinski definition) is 3. The Morgan fingerprint density at radius 1 is 1.21 bits per heavy atom. The number of carbonyl (C=O) groups is 1. The van der Waals surface area contributed by atoms with Gasteiger partial charge in [-0.15, -0.1) is 11.3 Å². The van der Waals surface area contributed by atoms with Crippen LogP contribution in [0, 0.1) is 12.7 Å². The number of likely N-dealkylation sites (N-methyl/N-ethyl adjacent to an activating group) is 1. The number of nitrogens with zero attached hydrogens (tertiary/aromatic N) is 4. The molecule has 0 spiro atoms. The van der Waals surface area contributed by atoms with E-state index in [2.05, 4.69) is 20.3 Å². The number of anilines is 2. The second kappa shape index (κ2) is 9.69. The highest BCUT2D eigenvalue weighted by atomic mass is 32.1. The van der Waals surface area contributed by atoms with Crippen molar-refractivity contribution in [2.75, 3.05) is 44.4 Å². The van der Waals surface area contributed by atoms with E-state index >= 15 is 0 Å². The summed E-state index contributed by atoms with van der Waals surface area (Å²) >= 11 is 1.41. The number of halogens is 1. The number of rotatable bonds is 5. The maximum Gasteiger partial charge on any atom is 0.410 e. The lowest BCUT2D eigenvalue weighted by molar-refractivity contribution is 0.0768. The van der Waals surface area contributed by atoms with Crippen LogP contribution in [0.2, 0.25) is 0 Å². The summed E-state index contributed by atoms with van der Waals surface area (Å²) in [4.78, 5) is 26.3. The molecule has 1 aromatic carbocycles. The predicted octanol–water partition coefficient (Wildman–Crippen LogP) is 3.07. The van der Waals surface area contributed by atoms with Gasteiger partial charge in [0.15, 0.2) is 0 Å². The summed E-state index contributed by atoms with van der Waals surface area (Å²) in [5, 5.41) is 0.685. The Balaban J connectivity index is 1.50. The van der Waals surface area contributed by atoms with Crippen LogP contribution in [0.1, 0.15) is 10.7 Å². The van der Waals surface area contributed by atoms with E-state index in [9.17, 15) is 9.18 Å². The zero-order chi connectivity index (χ0) is 23.5. The molecule has 33 heavy (non-hydrogen) atoms. The molecule has 1 fully saturated rings. The number of thiazole rings is 1.